The van der Waals surface area contributed by atoms with E-state index in [2.05, 4.69) is 15.6 Å². The summed E-state index contributed by atoms with van der Waals surface area (Å²) in [5.74, 6) is -2.34. The Morgan fingerprint density at radius 1 is 1.12 bits per heavy atom. The van der Waals surface area contributed by atoms with Crippen LogP contribution in [0.2, 0.25) is 0 Å². The molecule has 0 saturated carbocycles. The SMILES string of the molecule is O=CNC(Cc1ccc(F)c(F)c1)C(=O)NCCc1ccncc1. The van der Waals surface area contributed by atoms with Crippen LogP contribution in [-0.4, -0.2) is 29.9 Å². The maximum absolute atomic E-state index is 13.2. The number of aromatic nitrogens is 1. The number of amides is 2. The molecule has 0 bridgehead atoms. The molecule has 1 atom stereocenters. The lowest BCUT2D eigenvalue weighted by atomic mass is 10.0. The van der Waals surface area contributed by atoms with Gasteiger partial charge < -0.3 is 10.6 Å². The first-order valence-corrected chi connectivity index (χ1v) is 7.40. The van der Waals surface area contributed by atoms with Gasteiger partial charge in [-0.05, 0) is 41.8 Å². The van der Waals surface area contributed by atoms with Crippen molar-refractivity contribution < 1.29 is 18.4 Å². The van der Waals surface area contributed by atoms with Crippen LogP contribution in [0.25, 0.3) is 0 Å². The van der Waals surface area contributed by atoms with Crippen molar-refractivity contribution in [3.8, 4) is 0 Å². The van der Waals surface area contributed by atoms with E-state index in [-0.39, 0.29) is 12.3 Å². The van der Waals surface area contributed by atoms with Crippen molar-refractivity contribution in [3.05, 3.63) is 65.5 Å². The van der Waals surface area contributed by atoms with E-state index in [1.165, 1.54) is 6.07 Å². The minimum absolute atomic E-state index is 0.0665. The Labute approximate surface area is 138 Å². The summed E-state index contributed by atoms with van der Waals surface area (Å²) in [6.07, 6.45) is 4.42. The monoisotopic (exact) mass is 333 g/mol. The molecule has 0 aliphatic carbocycles. The molecule has 0 fully saturated rings. The summed E-state index contributed by atoms with van der Waals surface area (Å²) in [5, 5.41) is 5.11. The highest BCUT2D eigenvalue weighted by Gasteiger charge is 2.18. The van der Waals surface area contributed by atoms with Crippen molar-refractivity contribution in [2.45, 2.75) is 18.9 Å². The van der Waals surface area contributed by atoms with Crippen molar-refractivity contribution in [1.29, 1.82) is 0 Å². The zero-order valence-corrected chi connectivity index (χ0v) is 12.8. The normalized spacial score (nSPS) is 11.6. The Morgan fingerprint density at radius 2 is 1.88 bits per heavy atom. The molecule has 24 heavy (non-hydrogen) atoms. The minimum Gasteiger partial charge on any atom is -0.354 e. The average molecular weight is 333 g/mol. The van der Waals surface area contributed by atoms with Gasteiger partial charge >= 0.3 is 0 Å². The summed E-state index contributed by atoms with van der Waals surface area (Å²) in [6.45, 7) is 0.387. The van der Waals surface area contributed by atoms with Crippen molar-refractivity contribution >= 4 is 12.3 Å². The number of pyridine rings is 1. The second-order valence-corrected chi connectivity index (χ2v) is 5.19. The van der Waals surface area contributed by atoms with Gasteiger partial charge in [-0.15, -0.1) is 0 Å². The third-order valence-corrected chi connectivity index (χ3v) is 3.47. The Balaban J connectivity index is 1.91. The zero-order valence-electron chi connectivity index (χ0n) is 12.8. The second kappa shape index (κ2) is 8.71. The third kappa shape index (κ3) is 5.12. The number of hydrogen-bond donors (Lipinski definition) is 2. The van der Waals surface area contributed by atoms with E-state index in [0.717, 1.165) is 17.7 Å². The molecule has 1 unspecified atom stereocenters. The van der Waals surface area contributed by atoms with E-state index in [9.17, 15) is 18.4 Å². The first kappa shape index (κ1) is 17.5. The maximum Gasteiger partial charge on any atom is 0.242 e. The van der Waals surface area contributed by atoms with Crippen LogP contribution in [0.5, 0.6) is 0 Å². The van der Waals surface area contributed by atoms with Gasteiger partial charge in [0.2, 0.25) is 12.3 Å². The van der Waals surface area contributed by atoms with Crippen LogP contribution < -0.4 is 10.6 Å². The Hall–Kier alpha value is -2.83. The number of carbonyl (C=O) groups is 2. The van der Waals surface area contributed by atoms with E-state index < -0.39 is 17.7 Å². The molecular formula is C17H17F2N3O2. The molecule has 1 heterocycles. The van der Waals surface area contributed by atoms with Crippen LogP contribution in [0, 0.1) is 11.6 Å². The third-order valence-electron chi connectivity index (χ3n) is 3.47. The fourth-order valence-corrected chi connectivity index (χ4v) is 2.21. The lowest BCUT2D eigenvalue weighted by Gasteiger charge is -2.16. The van der Waals surface area contributed by atoms with Crippen molar-refractivity contribution in [3.63, 3.8) is 0 Å². The summed E-state index contributed by atoms with van der Waals surface area (Å²) in [4.78, 5) is 26.8. The van der Waals surface area contributed by atoms with Gasteiger partial charge in [-0.3, -0.25) is 14.6 Å². The lowest BCUT2D eigenvalue weighted by Crippen LogP contribution is -2.45. The number of halogens is 2. The Kier molecular flexibility index (Phi) is 6.36. The molecule has 2 N–H and O–H groups in total. The highest BCUT2D eigenvalue weighted by atomic mass is 19.2. The minimum atomic E-state index is -0.990. The molecule has 0 radical (unpaired) electrons. The highest BCUT2D eigenvalue weighted by molar-refractivity contribution is 5.83. The summed E-state index contributed by atoms with van der Waals surface area (Å²) in [7, 11) is 0. The molecule has 2 amide bonds. The molecule has 0 saturated heterocycles. The maximum atomic E-state index is 13.2. The fourth-order valence-electron chi connectivity index (χ4n) is 2.21. The smallest absolute Gasteiger partial charge is 0.242 e. The number of benzene rings is 1. The summed E-state index contributed by atoms with van der Waals surface area (Å²) >= 11 is 0. The van der Waals surface area contributed by atoms with Gasteiger partial charge in [0.05, 0.1) is 0 Å². The number of hydrogen-bond acceptors (Lipinski definition) is 3. The zero-order chi connectivity index (χ0) is 17.4. The van der Waals surface area contributed by atoms with Gasteiger partial charge in [0, 0.05) is 25.4 Å². The first-order chi connectivity index (χ1) is 11.6. The number of carbonyl (C=O) groups excluding carboxylic acids is 2. The second-order valence-electron chi connectivity index (χ2n) is 5.19. The lowest BCUT2D eigenvalue weighted by molar-refractivity contribution is -0.125. The van der Waals surface area contributed by atoms with Gasteiger partial charge in [-0.25, -0.2) is 8.78 Å². The standard InChI is InChI=1S/C17H17F2N3O2/c18-14-2-1-13(9-15(14)19)10-16(22-11-23)17(24)21-8-5-12-3-6-20-7-4-12/h1-4,6-7,9,11,16H,5,8,10H2,(H,21,24)(H,22,23). The molecule has 5 nitrogen and oxygen atoms in total. The average Bonchev–Trinajstić information content (AvgIpc) is 2.58. The molecule has 0 aliphatic rings. The predicted molar refractivity (Wildman–Crippen MR) is 84.0 cm³/mol. The van der Waals surface area contributed by atoms with Crippen molar-refractivity contribution in [2.75, 3.05) is 6.54 Å². The molecule has 7 heteroatoms. The molecule has 2 rings (SSSR count). The first-order valence-electron chi connectivity index (χ1n) is 7.40. The van der Waals surface area contributed by atoms with Crippen LogP contribution in [0.15, 0.2) is 42.7 Å². The molecule has 1 aromatic heterocycles. The largest absolute Gasteiger partial charge is 0.354 e. The molecular weight excluding hydrogens is 316 g/mol. The van der Waals surface area contributed by atoms with Gasteiger partial charge in [0.1, 0.15) is 6.04 Å². The van der Waals surface area contributed by atoms with E-state index in [4.69, 9.17) is 0 Å². The van der Waals surface area contributed by atoms with E-state index in [1.807, 2.05) is 12.1 Å². The Morgan fingerprint density at radius 3 is 2.54 bits per heavy atom. The van der Waals surface area contributed by atoms with E-state index >= 15 is 0 Å². The van der Waals surface area contributed by atoms with E-state index in [1.54, 1.807) is 12.4 Å². The number of nitrogens with one attached hydrogen (secondary N) is 2. The van der Waals surface area contributed by atoms with Gasteiger partial charge in [0.25, 0.3) is 0 Å². The fraction of sp³-hybridized carbons (Fsp3) is 0.235. The van der Waals surface area contributed by atoms with Crippen LogP contribution in [0.3, 0.4) is 0 Å². The Bertz CT molecular complexity index is 695. The summed E-state index contributed by atoms with van der Waals surface area (Å²) < 4.78 is 26.2. The number of rotatable bonds is 8. The van der Waals surface area contributed by atoms with Crippen LogP contribution in [0.4, 0.5) is 8.78 Å². The molecule has 0 spiro atoms. The highest BCUT2D eigenvalue weighted by Crippen LogP contribution is 2.10. The van der Waals surface area contributed by atoms with Crippen molar-refractivity contribution in [1.82, 2.24) is 15.6 Å². The van der Waals surface area contributed by atoms with Gasteiger partial charge in [-0.1, -0.05) is 6.07 Å². The predicted octanol–water partition coefficient (Wildman–Crippen LogP) is 1.38. The molecule has 2 aromatic rings. The van der Waals surface area contributed by atoms with Crippen LogP contribution >= 0.6 is 0 Å². The topological polar surface area (TPSA) is 71.1 Å². The summed E-state index contributed by atoms with van der Waals surface area (Å²) in [6, 6.07) is 6.21. The van der Waals surface area contributed by atoms with Crippen LogP contribution in [-0.2, 0) is 22.4 Å². The van der Waals surface area contributed by atoms with Crippen LogP contribution in [0.1, 0.15) is 11.1 Å². The molecule has 126 valence electrons. The molecule has 1 aromatic carbocycles. The van der Waals surface area contributed by atoms with Gasteiger partial charge in [0.15, 0.2) is 11.6 Å². The molecule has 0 aliphatic heterocycles. The summed E-state index contributed by atoms with van der Waals surface area (Å²) in [5.41, 5.74) is 1.43. The van der Waals surface area contributed by atoms with Crippen molar-refractivity contribution in [2.24, 2.45) is 0 Å². The van der Waals surface area contributed by atoms with Gasteiger partial charge in [-0.2, -0.15) is 0 Å². The number of nitrogens with zero attached hydrogens (tertiary/aromatic N) is 1. The van der Waals surface area contributed by atoms with E-state index in [0.29, 0.717) is 24.9 Å². The quantitative estimate of drug-likeness (QED) is 0.717.